The molecule has 2 aromatic rings. The summed E-state index contributed by atoms with van der Waals surface area (Å²) in [7, 11) is 0. The monoisotopic (exact) mass is 380 g/mol. The van der Waals surface area contributed by atoms with Crippen LogP contribution < -0.4 is 11.2 Å². The summed E-state index contributed by atoms with van der Waals surface area (Å²) in [6.45, 7) is 1.73. The van der Waals surface area contributed by atoms with Gasteiger partial charge in [-0.2, -0.15) is 0 Å². The molecule has 1 aromatic heterocycles. The zero-order valence-corrected chi connectivity index (χ0v) is 13.2. The van der Waals surface area contributed by atoms with Gasteiger partial charge in [-0.05, 0) is 34.5 Å². The Hall–Kier alpha value is -1.11. The van der Waals surface area contributed by atoms with Gasteiger partial charge < -0.3 is 0 Å². The molecule has 1 aromatic carbocycles. The fourth-order valence-corrected chi connectivity index (χ4v) is 3.11. The molecule has 0 radical (unpaired) electrons. The van der Waals surface area contributed by atoms with Crippen molar-refractivity contribution in [3.8, 4) is 5.69 Å². The van der Waals surface area contributed by atoms with E-state index >= 15 is 0 Å². The van der Waals surface area contributed by atoms with Crippen LogP contribution in [0.2, 0.25) is 10.2 Å². The molecule has 0 amide bonds. The number of hydrogen-bond acceptors (Lipinski definition) is 2. The van der Waals surface area contributed by atoms with E-state index in [1.54, 1.807) is 6.92 Å². The summed E-state index contributed by atoms with van der Waals surface area (Å²) in [6.07, 6.45) is 0.338. The normalized spacial score (nSPS) is 10.8. The molecule has 0 bridgehead atoms. The van der Waals surface area contributed by atoms with Crippen molar-refractivity contribution >= 4 is 39.1 Å². The van der Waals surface area contributed by atoms with Gasteiger partial charge in [0.25, 0.3) is 5.56 Å². The van der Waals surface area contributed by atoms with E-state index in [2.05, 4.69) is 20.9 Å². The average Bonchev–Trinajstić information content (AvgIpc) is 2.32. The SMILES string of the molecule is CCc1c(Cl)[nH]c(=O)n(-c2c(Cl)cc(F)cc2Br)c1=O. The summed E-state index contributed by atoms with van der Waals surface area (Å²) in [5.74, 6) is -0.584. The maximum atomic E-state index is 13.2. The minimum absolute atomic E-state index is 0.00638. The lowest BCUT2D eigenvalue weighted by molar-refractivity contribution is 0.626. The Morgan fingerprint density at radius 2 is 2.00 bits per heavy atom. The zero-order valence-electron chi connectivity index (χ0n) is 10.1. The summed E-state index contributed by atoms with van der Waals surface area (Å²) < 4.78 is 14.2. The lowest BCUT2D eigenvalue weighted by atomic mass is 10.2. The molecule has 4 nitrogen and oxygen atoms in total. The minimum Gasteiger partial charge on any atom is -0.297 e. The van der Waals surface area contributed by atoms with Gasteiger partial charge in [0.05, 0.1) is 16.3 Å². The largest absolute Gasteiger partial charge is 0.334 e. The number of benzene rings is 1. The molecule has 1 heterocycles. The fourth-order valence-electron chi connectivity index (χ4n) is 1.80. The highest BCUT2D eigenvalue weighted by Gasteiger charge is 2.18. The molecule has 0 aliphatic heterocycles. The smallest absolute Gasteiger partial charge is 0.297 e. The molecule has 0 fully saturated rings. The Morgan fingerprint density at radius 1 is 1.35 bits per heavy atom. The number of aromatic amines is 1. The van der Waals surface area contributed by atoms with E-state index in [-0.39, 0.29) is 25.9 Å². The molecular weight excluding hydrogens is 374 g/mol. The van der Waals surface area contributed by atoms with Gasteiger partial charge in [0.2, 0.25) is 0 Å². The van der Waals surface area contributed by atoms with Crippen LogP contribution in [-0.4, -0.2) is 9.55 Å². The van der Waals surface area contributed by atoms with E-state index in [9.17, 15) is 14.0 Å². The highest BCUT2D eigenvalue weighted by atomic mass is 79.9. The summed E-state index contributed by atoms with van der Waals surface area (Å²) >= 11 is 14.9. The molecule has 0 aliphatic rings. The molecule has 0 unspecified atom stereocenters. The lowest BCUT2D eigenvalue weighted by Gasteiger charge is -2.11. The van der Waals surface area contributed by atoms with E-state index in [0.29, 0.717) is 6.42 Å². The number of rotatable bonds is 2. The molecule has 2 rings (SSSR count). The van der Waals surface area contributed by atoms with Crippen molar-refractivity contribution < 1.29 is 4.39 Å². The molecule has 20 heavy (non-hydrogen) atoms. The maximum absolute atomic E-state index is 13.2. The molecular formula is C12H8BrCl2FN2O2. The third kappa shape index (κ3) is 2.55. The average molecular weight is 382 g/mol. The second-order valence-corrected chi connectivity index (χ2v) is 5.57. The van der Waals surface area contributed by atoms with Crippen LogP contribution in [0, 0.1) is 5.82 Å². The van der Waals surface area contributed by atoms with E-state index in [1.807, 2.05) is 0 Å². The fraction of sp³-hybridized carbons (Fsp3) is 0.167. The summed E-state index contributed by atoms with van der Waals surface area (Å²) in [5, 5.41) is -0.0676. The lowest BCUT2D eigenvalue weighted by Crippen LogP contribution is -2.36. The van der Waals surface area contributed by atoms with Crippen LogP contribution in [0.25, 0.3) is 5.69 Å². The number of halogens is 4. The van der Waals surface area contributed by atoms with Crippen molar-refractivity contribution in [2.24, 2.45) is 0 Å². The topological polar surface area (TPSA) is 54.9 Å². The third-order valence-electron chi connectivity index (χ3n) is 2.70. The second-order valence-electron chi connectivity index (χ2n) is 3.93. The van der Waals surface area contributed by atoms with Gasteiger partial charge >= 0.3 is 5.69 Å². The van der Waals surface area contributed by atoms with Crippen LogP contribution in [0.3, 0.4) is 0 Å². The van der Waals surface area contributed by atoms with Gasteiger partial charge in [-0.1, -0.05) is 30.1 Å². The third-order valence-corrected chi connectivity index (χ3v) is 3.92. The maximum Gasteiger partial charge on any atom is 0.334 e. The number of hydrogen-bond donors (Lipinski definition) is 1. The summed E-state index contributed by atoms with van der Waals surface area (Å²) in [6, 6.07) is 2.14. The predicted octanol–water partition coefficient (Wildman–Crippen LogP) is 3.30. The van der Waals surface area contributed by atoms with Crippen LogP contribution in [0.5, 0.6) is 0 Å². The first-order chi connectivity index (χ1) is 9.36. The van der Waals surface area contributed by atoms with Crippen LogP contribution in [-0.2, 0) is 6.42 Å². The van der Waals surface area contributed by atoms with Gasteiger partial charge in [0, 0.05) is 4.47 Å². The molecule has 0 saturated carbocycles. The van der Waals surface area contributed by atoms with E-state index in [0.717, 1.165) is 16.7 Å². The van der Waals surface area contributed by atoms with Crippen LogP contribution in [0.4, 0.5) is 4.39 Å². The zero-order chi connectivity index (χ0) is 15.0. The van der Waals surface area contributed by atoms with Gasteiger partial charge in [0.15, 0.2) is 0 Å². The van der Waals surface area contributed by atoms with Crippen molar-refractivity contribution in [2.45, 2.75) is 13.3 Å². The van der Waals surface area contributed by atoms with E-state index in [4.69, 9.17) is 23.2 Å². The summed E-state index contributed by atoms with van der Waals surface area (Å²) in [5.41, 5.74) is -1.01. The molecule has 8 heteroatoms. The Balaban J connectivity index is 2.91. The predicted molar refractivity (Wildman–Crippen MR) is 79.7 cm³/mol. The number of nitrogens with zero attached hydrogens (tertiary/aromatic N) is 1. The Kier molecular flexibility index (Phi) is 4.36. The van der Waals surface area contributed by atoms with Crippen LogP contribution >= 0.6 is 39.1 Å². The standard InChI is InChI=1S/C12H8BrCl2FN2O2/c1-2-6-10(15)17-12(20)18(11(6)19)9-7(13)3-5(16)4-8(9)14/h3-4H,2H2,1H3,(H,17,20). The van der Waals surface area contributed by atoms with Gasteiger partial charge in [-0.3, -0.25) is 9.78 Å². The molecule has 0 spiro atoms. The van der Waals surface area contributed by atoms with Crippen molar-refractivity contribution in [3.63, 3.8) is 0 Å². The molecule has 0 aliphatic carbocycles. The number of aromatic nitrogens is 2. The van der Waals surface area contributed by atoms with Gasteiger partial charge in [-0.15, -0.1) is 0 Å². The van der Waals surface area contributed by atoms with Crippen LogP contribution in [0.15, 0.2) is 26.2 Å². The number of H-pyrrole nitrogens is 1. The molecule has 0 saturated heterocycles. The van der Waals surface area contributed by atoms with E-state index in [1.165, 1.54) is 0 Å². The highest BCUT2D eigenvalue weighted by molar-refractivity contribution is 9.10. The first-order valence-corrected chi connectivity index (χ1v) is 7.10. The number of nitrogens with one attached hydrogen (secondary N) is 1. The van der Waals surface area contributed by atoms with Crippen LogP contribution in [0.1, 0.15) is 12.5 Å². The van der Waals surface area contributed by atoms with E-state index < -0.39 is 17.1 Å². The Labute approximate surface area is 131 Å². The first kappa shape index (κ1) is 15.3. The Morgan fingerprint density at radius 3 is 2.55 bits per heavy atom. The van der Waals surface area contributed by atoms with Gasteiger partial charge in [0.1, 0.15) is 11.0 Å². The first-order valence-electron chi connectivity index (χ1n) is 5.55. The quantitative estimate of drug-likeness (QED) is 0.811. The van der Waals surface area contributed by atoms with Crippen molar-refractivity contribution in [3.05, 3.63) is 59.0 Å². The molecule has 0 atom stereocenters. The van der Waals surface area contributed by atoms with Gasteiger partial charge in [-0.25, -0.2) is 13.8 Å². The summed E-state index contributed by atoms with van der Waals surface area (Å²) in [4.78, 5) is 26.7. The van der Waals surface area contributed by atoms with Crippen molar-refractivity contribution in [1.82, 2.24) is 9.55 Å². The van der Waals surface area contributed by atoms with Crippen molar-refractivity contribution in [1.29, 1.82) is 0 Å². The molecule has 106 valence electrons. The second kappa shape index (κ2) is 5.71. The molecule has 1 N–H and O–H groups in total. The van der Waals surface area contributed by atoms with Crippen molar-refractivity contribution in [2.75, 3.05) is 0 Å². The highest BCUT2D eigenvalue weighted by Crippen LogP contribution is 2.28. The minimum atomic E-state index is -0.744. The Bertz CT molecular complexity index is 778.